The molecule has 2 N–H and O–H groups in total. The first-order valence-electron chi connectivity index (χ1n) is 2.06. The van der Waals surface area contributed by atoms with Crippen LogP contribution in [-0.2, 0) is 0 Å². The maximum atomic E-state index is 4.38. The fourth-order valence-corrected chi connectivity index (χ4v) is 0.566. The SMILES string of the molecule is CC([NH+]=C=S)[NH+]=C=S. The topological polar surface area (TPSA) is 27.9 Å². The molecule has 0 unspecified atom stereocenters. The van der Waals surface area contributed by atoms with Gasteiger partial charge in [0.05, 0.1) is 6.92 Å². The first kappa shape index (κ1) is 7.60. The van der Waals surface area contributed by atoms with Gasteiger partial charge in [-0.1, -0.05) is 0 Å². The van der Waals surface area contributed by atoms with Gasteiger partial charge >= 0.3 is 6.17 Å². The summed E-state index contributed by atoms with van der Waals surface area (Å²) in [7, 11) is 0. The van der Waals surface area contributed by atoms with Crippen LogP contribution in [0, 0.1) is 0 Å². The van der Waals surface area contributed by atoms with Gasteiger partial charge in [0.15, 0.2) is 0 Å². The van der Waals surface area contributed by atoms with E-state index in [0.717, 1.165) is 0 Å². The van der Waals surface area contributed by atoms with Gasteiger partial charge in [0.25, 0.3) is 10.3 Å². The highest BCUT2D eigenvalue weighted by atomic mass is 32.1. The van der Waals surface area contributed by atoms with Crippen molar-refractivity contribution in [1.82, 2.24) is 0 Å². The van der Waals surface area contributed by atoms with Crippen LogP contribution >= 0.6 is 24.4 Å². The molecule has 0 aromatic heterocycles. The fraction of sp³-hybridized carbons (Fsp3) is 0.500. The van der Waals surface area contributed by atoms with Gasteiger partial charge in [0, 0.05) is 24.4 Å². The van der Waals surface area contributed by atoms with Gasteiger partial charge in [-0.3, -0.25) is 0 Å². The second-order valence-electron chi connectivity index (χ2n) is 1.21. The van der Waals surface area contributed by atoms with Crippen molar-refractivity contribution in [3.05, 3.63) is 0 Å². The van der Waals surface area contributed by atoms with Crippen LogP contribution in [-0.4, -0.2) is 16.5 Å². The Morgan fingerprint density at radius 3 is 1.88 bits per heavy atom. The predicted molar refractivity (Wildman–Crippen MR) is 36.6 cm³/mol. The van der Waals surface area contributed by atoms with E-state index in [9.17, 15) is 0 Å². The summed E-state index contributed by atoms with van der Waals surface area (Å²) in [4.78, 5) is 5.34. The third-order valence-electron chi connectivity index (χ3n) is 0.551. The van der Waals surface area contributed by atoms with Gasteiger partial charge < -0.3 is 0 Å². The molecule has 0 saturated heterocycles. The molecule has 42 valence electrons. The van der Waals surface area contributed by atoms with Crippen molar-refractivity contribution in [2.24, 2.45) is 0 Å². The number of isothiocyanates is 2. The van der Waals surface area contributed by atoms with Crippen LogP contribution in [0.2, 0.25) is 0 Å². The summed E-state index contributed by atoms with van der Waals surface area (Å²) in [6.45, 7) is 1.86. The normalized spacial score (nSPS) is 10.6. The smallest absolute Gasteiger partial charge is 0.129 e. The second kappa shape index (κ2) is 4.75. The predicted octanol–water partition coefficient (Wildman–Crippen LogP) is -2.30. The Bertz CT molecular complexity index is 135. The highest BCUT2D eigenvalue weighted by Gasteiger charge is 2.00. The van der Waals surface area contributed by atoms with Gasteiger partial charge in [-0.15, -0.1) is 9.98 Å². The molecular formula is C4H6N2S2+2. The number of hydrogen-bond donors (Lipinski definition) is 2. The molecule has 0 radical (unpaired) electrons. The number of hydrogen-bond acceptors (Lipinski definition) is 2. The van der Waals surface area contributed by atoms with Crippen LogP contribution in [0.3, 0.4) is 0 Å². The minimum atomic E-state index is 0.0324. The molecule has 2 nitrogen and oxygen atoms in total. The highest BCUT2D eigenvalue weighted by molar-refractivity contribution is 7.78. The maximum absolute atomic E-state index is 4.38. The maximum Gasteiger partial charge on any atom is 0.354 e. The Hall–Kier alpha value is -0.400. The van der Waals surface area contributed by atoms with E-state index in [2.05, 4.69) is 44.7 Å². The summed E-state index contributed by atoms with van der Waals surface area (Å²) in [6, 6.07) is 0. The lowest BCUT2D eigenvalue weighted by Gasteiger charge is -1.73. The molecule has 0 aromatic rings. The van der Waals surface area contributed by atoms with Crippen LogP contribution in [0.5, 0.6) is 0 Å². The van der Waals surface area contributed by atoms with Crippen molar-refractivity contribution < 1.29 is 9.98 Å². The Morgan fingerprint density at radius 1 is 1.25 bits per heavy atom. The largest absolute Gasteiger partial charge is 0.354 e. The van der Waals surface area contributed by atoms with E-state index in [-0.39, 0.29) is 6.17 Å². The van der Waals surface area contributed by atoms with Crippen molar-refractivity contribution in [3.8, 4) is 0 Å². The molecule has 0 saturated carbocycles. The average molecular weight is 146 g/mol. The van der Waals surface area contributed by atoms with Crippen LogP contribution in [0.15, 0.2) is 0 Å². The van der Waals surface area contributed by atoms with Crippen LogP contribution in [0.25, 0.3) is 0 Å². The Kier molecular flexibility index (Phi) is 4.51. The zero-order valence-electron chi connectivity index (χ0n) is 4.39. The summed E-state index contributed by atoms with van der Waals surface area (Å²) in [5.74, 6) is 0. The van der Waals surface area contributed by atoms with Gasteiger partial charge in [0.2, 0.25) is 0 Å². The summed E-state index contributed by atoms with van der Waals surface area (Å²) >= 11 is 8.76. The summed E-state index contributed by atoms with van der Waals surface area (Å²) in [5.41, 5.74) is 0. The molecule has 0 heterocycles. The van der Waals surface area contributed by atoms with Crippen LogP contribution in [0.4, 0.5) is 0 Å². The van der Waals surface area contributed by atoms with Gasteiger partial charge in [-0.2, -0.15) is 0 Å². The average Bonchev–Trinajstić information content (AvgIpc) is 1.68. The minimum Gasteiger partial charge on any atom is -0.129 e. The Balaban J connectivity index is 3.82. The molecular weight excluding hydrogens is 140 g/mol. The molecule has 4 heteroatoms. The monoisotopic (exact) mass is 146 g/mol. The lowest BCUT2D eigenvalue weighted by atomic mass is 10.6. The molecule has 0 atom stereocenters. The number of thiocarbonyl (C=S) groups is 2. The first-order valence-corrected chi connectivity index (χ1v) is 2.88. The van der Waals surface area contributed by atoms with E-state index < -0.39 is 0 Å². The summed E-state index contributed by atoms with van der Waals surface area (Å²) < 4.78 is 0. The minimum absolute atomic E-state index is 0.0324. The molecule has 0 spiro atoms. The van der Waals surface area contributed by atoms with Crippen molar-refractivity contribution in [2.45, 2.75) is 13.1 Å². The summed E-state index contributed by atoms with van der Waals surface area (Å²) in [6.07, 6.45) is 0.0324. The molecule has 8 heavy (non-hydrogen) atoms. The molecule has 0 bridgehead atoms. The first-order chi connectivity index (χ1) is 3.81. The van der Waals surface area contributed by atoms with Gasteiger partial charge in [0.1, 0.15) is 0 Å². The second-order valence-corrected chi connectivity index (χ2v) is 1.62. The third-order valence-corrected chi connectivity index (χ3v) is 0.787. The molecule has 0 aliphatic rings. The van der Waals surface area contributed by atoms with Crippen LogP contribution < -0.4 is 9.98 Å². The van der Waals surface area contributed by atoms with E-state index in [1.165, 1.54) is 0 Å². The molecule has 0 aromatic carbocycles. The fourth-order valence-electron chi connectivity index (χ4n) is 0.213. The Labute approximate surface area is 58.3 Å². The molecule has 0 fully saturated rings. The van der Waals surface area contributed by atoms with Crippen molar-refractivity contribution >= 4 is 34.8 Å². The number of rotatable bonds is 2. The Morgan fingerprint density at radius 2 is 1.62 bits per heavy atom. The van der Waals surface area contributed by atoms with Crippen LogP contribution in [0.1, 0.15) is 6.92 Å². The molecule has 0 rings (SSSR count). The van der Waals surface area contributed by atoms with Crippen molar-refractivity contribution in [2.75, 3.05) is 0 Å². The lowest BCUT2D eigenvalue weighted by Crippen LogP contribution is -2.96. The zero-order chi connectivity index (χ0) is 6.41. The van der Waals surface area contributed by atoms with Gasteiger partial charge in [-0.05, 0) is 0 Å². The van der Waals surface area contributed by atoms with E-state index in [0.29, 0.717) is 0 Å². The van der Waals surface area contributed by atoms with E-state index in [1.54, 1.807) is 0 Å². The zero-order valence-corrected chi connectivity index (χ0v) is 6.03. The van der Waals surface area contributed by atoms with E-state index in [4.69, 9.17) is 0 Å². The standard InChI is InChI=1S/C4H4N2S2/c1-4(5-2-7)6-3-8/h4H,1H3/p+2. The highest BCUT2D eigenvalue weighted by Crippen LogP contribution is 1.35. The molecule has 0 amide bonds. The molecule has 0 aliphatic heterocycles. The van der Waals surface area contributed by atoms with E-state index in [1.807, 2.05) is 6.92 Å². The lowest BCUT2D eigenvalue weighted by molar-refractivity contribution is -0.723. The third kappa shape index (κ3) is 3.78. The summed E-state index contributed by atoms with van der Waals surface area (Å²) in [5, 5.41) is 4.67. The van der Waals surface area contributed by atoms with Crippen molar-refractivity contribution in [3.63, 3.8) is 0 Å². The van der Waals surface area contributed by atoms with E-state index >= 15 is 0 Å². The van der Waals surface area contributed by atoms with Gasteiger partial charge in [-0.25, -0.2) is 0 Å². The van der Waals surface area contributed by atoms with Crippen molar-refractivity contribution in [1.29, 1.82) is 0 Å². The molecule has 0 aliphatic carbocycles. The number of nitrogens with one attached hydrogen (secondary N) is 2. The quantitative estimate of drug-likeness (QED) is 0.260.